The highest BCUT2D eigenvalue weighted by molar-refractivity contribution is 4.98. The van der Waals surface area contributed by atoms with Crippen molar-refractivity contribution in [3.05, 3.63) is 0 Å². The fourth-order valence-electron chi connectivity index (χ4n) is 3.52. The second-order valence-electron chi connectivity index (χ2n) is 5.58. The molecule has 0 heterocycles. The molecule has 64 valence electrons. The largest absolute Gasteiger partial charge is 0.0599 e. The van der Waals surface area contributed by atoms with Gasteiger partial charge in [-0.05, 0) is 29.6 Å². The quantitative estimate of drug-likeness (QED) is 0.498. The Morgan fingerprint density at radius 2 is 1.55 bits per heavy atom. The summed E-state index contributed by atoms with van der Waals surface area (Å²) in [4.78, 5) is 0. The molecule has 0 aromatic carbocycles. The molecule has 3 saturated carbocycles. The molecule has 3 fully saturated rings. The first-order valence-corrected chi connectivity index (χ1v) is 5.09. The number of hydrogen-bond donors (Lipinski definition) is 0. The molecule has 3 atom stereocenters. The molecule has 0 N–H and O–H groups in total. The molecular weight excluding hydrogens is 132 g/mol. The van der Waals surface area contributed by atoms with Crippen molar-refractivity contribution in [1.29, 1.82) is 0 Å². The van der Waals surface area contributed by atoms with Gasteiger partial charge in [0.15, 0.2) is 0 Å². The third kappa shape index (κ3) is 1.11. The Bertz CT molecular complexity index is 138. The van der Waals surface area contributed by atoms with Crippen molar-refractivity contribution >= 4 is 0 Å². The number of fused-ring (bicyclic) bond motifs is 2. The van der Waals surface area contributed by atoms with Crippen LogP contribution in [-0.2, 0) is 0 Å². The molecule has 0 heteroatoms. The molecule has 3 rings (SSSR count). The first kappa shape index (κ1) is 7.64. The zero-order valence-electron chi connectivity index (χ0n) is 8.06. The van der Waals surface area contributed by atoms with E-state index in [1.54, 1.807) is 6.42 Å². The number of hydrogen-bond acceptors (Lipinski definition) is 0. The van der Waals surface area contributed by atoms with E-state index in [2.05, 4.69) is 20.8 Å². The second kappa shape index (κ2) is 2.24. The molecular formula is C11H20. The standard InChI is InChI=1S/C11H20/c1-11(2,3)10-8-5-4-6-9(10)7-8/h8-10H,4-7H2,1-3H3/t8-,9?,10?/m0/s1. The van der Waals surface area contributed by atoms with Gasteiger partial charge in [-0.2, -0.15) is 0 Å². The third-order valence-electron chi connectivity index (χ3n) is 3.77. The maximum atomic E-state index is 2.42. The lowest BCUT2D eigenvalue weighted by Gasteiger charge is -2.55. The van der Waals surface area contributed by atoms with Gasteiger partial charge >= 0.3 is 0 Å². The summed E-state index contributed by atoms with van der Waals surface area (Å²) in [5.74, 6) is 3.28. The molecule has 0 nitrogen and oxygen atoms in total. The van der Waals surface area contributed by atoms with Crippen LogP contribution in [-0.4, -0.2) is 0 Å². The molecule has 2 unspecified atom stereocenters. The summed E-state index contributed by atoms with van der Waals surface area (Å²) in [7, 11) is 0. The summed E-state index contributed by atoms with van der Waals surface area (Å²) in [5, 5.41) is 0. The van der Waals surface area contributed by atoms with Crippen molar-refractivity contribution in [2.75, 3.05) is 0 Å². The van der Waals surface area contributed by atoms with E-state index < -0.39 is 0 Å². The monoisotopic (exact) mass is 152 g/mol. The minimum atomic E-state index is 0.591. The minimum absolute atomic E-state index is 0.591. The molecule has 0 saturated heterocycles. The summed E-state index contributed by atoms with van der Waals surface area (Å²) >= 11 is 0. The van der Waals surface area contributed by atoms with Crippen molar-refractivity contribution < 1.29 is 0 Å². The first-order valence-electron chi connectivity index (χ1n) is 5.09. The van der Waals surface area contributed by atoms with Crippen molar-refractivity contribution in [2.45, 2.75) is 46.5 Å². The van der Waals surface area contributed by atoms with E-state index in [0.29, 0.717) is 5.41 Å². The maximum absolute atomic E-state index is 2.42. The molecule has 0 aromatic heterocycles. The highest BCUT2D eigenvalue weighted by atomic mass is 14.5. The summed E-state index contributed by atoms with van der Waals surface area (Å²) in [6, 6.07) is 0. The van der Waals surface area contributed by atoms with Gasteiger partial charge in [0.05, 0.1) is 0 Å². The van der Waals surface area contributed by atoms with Gasteiger partial charge in [0.2, 0.25) is 0 Å². The normalized spacial score (nSPS) is 43.4. The fourth-order valence-corrected chi connectivity index (χ4v) is 3.52. The predicted octanol–water partition coefficient (Wildman–Crippen LogP) is 3.47. The van der Waals surface area contributed by atoms with Gasteiger partial charge in [-0.1, -0.05) is 40.0 Å². The molecule has 3 aliphatic rings. The lowest BCUT2D eigenvalue weighted by Crippen LogP contribution is -2.47. The Morgan fingerprint density at radius 3 is 1.82 bits per heavy atom. The van der Waals surface area contributed by atoms with Gasteiger partial charge in [0.1, 0.15) is 0 Å². The molecule has 2 bridgehead atoms. The van der Waals surface area contributed by atoms with Crippen LogP contribution in [0.25, 0.3) is 0 Å². The van der Waals surface area contributed by atoms with E-state index in [1.807, 2.05) is 0 Å². The zero-order chi connectivity index (χ0) is 8.06. The van der Waals surface area contributed by atoms with Gasteiger partial charge in [-0.3, -0.25) is 0 Å². The Morgan fingerprint density at radius 1 is 1.00 bits per heavy atom. The molecule has 0 amide bonds. The fraction of sp³-hybridized carbons (Fsp3) is 1.00. The van der Waals surface area contributed by atoms with Crippen molar-refractivity contribution in [3.8, 4) is 0 Å². The van der Waals surface area contributed by atoms with E-state index in [4.69, 9.17) is 0 Å². The summed E-state index contributed by atoms with van der Waals surface area (Å²) in [6.45, 7) is 7.26. The highest BCUT2D eigenvalue weighted by Crippen LogP contribution is 2.57. The predicted molar refractivity (Wildman–Crippen MR) is 48.4 cm³/mol. The van der Waals surface area contributed by atoms with E-state index in [1.165, 1.54) is 19.3 Å². The maximum Gasteiger partial charge on any atom is -0.0308 e. The average molecular weight is 152 g/mol. The first-order chi connectivity index (χ1) is 5.09. The van der Waals surface area contributed by atoms with Crippen molar-refractivity contribution in [3.63, 3.8) is 0 Å². The van der Waals surface area contributed by atoms with Crippen LogP contribution >= 0.6 is 0 Å². The van der Waals surface area contributed by atoms with Crippen LogP contribution < -0.4 is 0 Å². The van der Waals surface area contributed by atoms with Gasteiger partial charge in [0.25, 0.3) is 0 Å². The third-order valence-corrected chi connectivity index (χ3v) is 3.77. The van der Waals surface area contributed by atoms with Crippen molar-refractivity contribution in [2.24, 2.45) is 23.2 Å². The van der Waals surface area contributed by atoms with Crippen LogP contribution in [0.5, 0.6) is 0 Å². The van der Waals surface area contributed by atoms with Crippen LogP contribution in [0, 0.1) is 23.2 Å². The Kier molecular flexibility index (Phi) is 1.56. The lowest BCUT2D eigenvalue weighted by molar-refractivity contribution is -0.0583. The topological polar surface area (TPSA) is 0 Å². The summed E-state index contributed by atoms with van der Waals surface area (Å²) < 4.78 is 0. The second-order valence-corrected chi connectivity index (χ2v) is 5.58. The lowest BCUT2D eigenvalue weighted by atomic mass is 9.50. The van der Waals surface area contributed by atoms with Crippen molar-refractivity contribution in [1.82, 2.24) is 0 Å². The Hall–Kier alpha value is 0. The van der Waals surface area contributed by atoms with E-state index in [0.717, 1.165) is 17.8 Å². The van der Waals surface area contributed by atoms with Crippen LogP contribution in [0.15, 0.2) is 0 Å². The molecule has 0 aliphatic heterocycles. The summed E-state index contributed by atoms with van der Waals surface area (Å²) in [6.07, 6.45) is 6.13. The SMILES string of the molecule is CC(C)(C)C1C2CCC[C@H]1C2. The smallest absolute Gasteiger partial charge is 0.0308 e. The Labute approximate surface area is 70.4 Å². The van der Waals surface area contributed by atoms with Crippen LogP contribution in [0.4, 0.5) is 0 Å². The van der Waals surface area contributed by atoms with E-state index >= 15 is 0 Å². The molecule has 0 aromatic rings. The van der Waals surface area contributed by atoms with Crippen LogP contribution in [0.3, 0.4) is 0 Å². The van der Waals surface area contributed by atoms with Gasteiger partial charge < -0.3 is 0 Å². The molecule has 3 aliphatic carbocycles. The average Bonchev–Trinajstić information content (AvgIpc) is 1.85. The molecule has 0 spiro atoms. The Balaban J connectivity index is 2.06. The van der Waals surface area contributed by atoms with Crippen LogP contribution in [0.2, 0.25) is 0 Å². The summed E-state index contributed by atoms with van der Waals surface area (Å²) in [5.41, 5.74) is 0.591. The highest BCUT2D eigenvalue weighted by Gasteiger charge is 2.48. The van der Waals surface area contributed by atoms with Gasteiger partial charge in [-0.15, -0.1) is 0 Å². The van der Waals surface area contributed by atoms with Gasteiger partial charge in [-0.25, -0.2) is 0 Å². The van der Waals surface area contributed by atoms with Gasteiger partial charge in [0, 0.05) is 0 Å². The molecule has 0 radical (unpaired) electrons. The van der Waals surface area contributed by atoms with E-state index in [9.17, 15) is 0 Å². The minimum Gasteiger partial charge on any atom is -0.0599 e. The van der Waals surface area contributed by atoms with E-state index in [-0.39, 0.29) is 0 Å². The zero-order valence-corrected chi connectivity index (χ0v) is 8.06. The molecule has 11 heavy (non-hydrogen) atoms. The number of rotatable bonds is 0. The van der Waals surface area contributed by atoms with Crippen LogP contribution in [0.1, 0.15) is 46.5 Å².